The highest BCUT2D eigenvalue weighted by Crippen LogP contribution is 2.25. The van der Waals surface area contributed by atoms with E-state index in [-0.39, 0.29) is 12.7 Å². The Kier molecular flexibility index (Phi) is 10.3. The van der Waals surface area contributed by atoms with Gasteiger partial charge in [-0.25, -0.2) is 0 Å². The molecule has 1 rings (SSSR count). The first kappa shape index (κ1) is 18.9. The summed E-state index contributed by atoms with van der Waals surface area (Å²) in [4.78, 5) is 0. The van der Waals surface area contributed by atoms with Gasteiger partial charge in [0, 0.05) is 0 Å². The molecule has 1 fully saturated rings. The minimum atomic E-state index is -0.942. The standard InChI is InChI=1S/C17H34O4/c1-2-3-4-5-6-7-8-9-10-11-12-14-16(19)17(20)15(13-18)21-14/h14-20H,2-13H2,1H3/t14-,15-,16+,17+/m0/s1. The molecule has 1 aliphatic rings. The molecule has 0 amide bonds. The highest BCUT2D eigenvalue weighted by molar-refractivity contribution is 4.90. The van der Waals surface area contributed by atoms with Gasteiger partial charge in [0.1, 0.15) is 18.3 Å². The molecule has 0 aromatic rings. The van der Waals surface area contributed by atoms with Crippen molar-refractivity contribution < 1.29 is 20.1 Å². The number of hydrogen-bond donors (Lipinski definition) is 3. The van der Waals surface area contributed by atoms with E-state index in [0.29, 0.717) is 0 Å². The molecule has 0 unspecified atom stereocenters. The smallest absolute Gasteiger partial charge is 0.111 e. The van der Waals surface area contributed by atoms with Gasteiger partial charge < -0.3 is 20.1 Å². The van der Waals surface area contributed by atoms with Crippen LogP contribution < -0.4 is 0 Å². The van der Waals surface area contributed by atoms with Crippen LogP contribution in [0.25, 0.3) is 0 Å². The van der Waals surface area contributed by atoms with Crippen molar-refractivity contribution in [1.29, 1.82) is 0 Å². The predicted octanol–water partition coefficient (Wildman–Crippen LogP) is 2.78. The summed E-state index contributed by atoms with van der Waals surface area (Å²) in [5.74, 6) is 0. The van der Waals surface area contributed by atoms with Crippen LogP contribution in [0.15, 0.2) is 0 Å². The third kappa shape index (κ3) is 7.09. The van der Waals surface area contributed by atoms with Crippen molar-refractivity contribution in [2.75, 3.05) is 6.61 Å². The minimum Gasteiger partial charge on any atom is -0.394 e. The van der Waals surface area contributed by atoms with Crippen LogP contribution in [0.5, 0.6) is 0 Å². The van der Waals surface area contributed by atoms with E-state index in [9.17, 15) is 10.2 Å². The van der Waals surface area contributed by atoms with Gasteiger partial charge in [-0.15, -0.1) is 0 Å². The molecule has 4 atom stereocenters. The molecule has 1 heterocycles. The lowest BCUT2D eigenvalue weighted by Gasteiger charge is -2.14. The topological polar surface area (TPSA) is 69.9 Å². The molecule has 4 nitrogen and oxygen atoms in total. The molecule has 0 radical (unpaired) electrons. The summed E-state index contributed by atoms with van der Waals surface area (Å²) in [7, 11) is 0. The Morgan fingerprint density at radius 1 is 0.714 bits per heavy atom. The highest BCUT2D eigenvalue weighted by Gasteiger charge is 2.41. The zero-order valence-corrected chi connectivity index (χ0v) is 13.5. The summed E-state index contributed by atoms with van der Waals surface area (Å²) in [6.45, 7) is 2.01. The second-order valence-corrected chi connectivity index (χ2v) is 6.35. The molecule has 126 valence electrons. The van der Waals surface area contributed by atoms with Crippen LogP contribution in [-0.2, 0) is 4.74 Å². The van der Waals surface area contributed by atoms with E-state index in [0.717, 1.165) is 19.3 Å². The van der Waals surface area contributed by atoms with Gasteiger partial charge in [-0.1, -0.05) is 71.1 Å². The Morgan fingerprint density at radius 3 is 1.67 bits per heavy atom. The molecule has 3 N–H and O–H groups in total. The maximum Gasteiger partial charge on any atom is 0.111 e. The van der Waals surface area contributed by atoms with Gasteiger partial charge in [-0.2, -0.15) is 0 Å². The lowest BCUT2D eigenvalue weighted by atomic mass is 10.0. The van der Waals surface area contributed by atoms with Gasteiger partial charge in [0.15, 0.2) is 0 Å². The summed E-state index contributed by atoms with van der Waals surface area (Å²) in [6, 6.07) is 0. The first-order valence-corrected chi connectivity index (χ1v) is 8.83. The normalized spacial score (nSPS) is 29.1. The van der Waals surface area contributed by atoms with Gasteiger partial charge in [-0.3, -0.25) is 0 Å². The minimum absolute atomic E-state index is 0.229. The van der Waals surface area contributed by atoms with E-state index in [1.54, 1.807) is 0 Å². The SMILES string of the molecule is CCCCCCCCCCCC[C@@H]1O[C@@H](CO)[C@@H](O)[C@@H]1O. The van der Waals surface area contributed by atoms with Gasteiger partial charge >= 0.3 is 0 Å². The first-order valence-electron chi connectivity index (χ1n) is 8.83. The molecule has 1 aliphatic heterocycles. The Morgan fingerprint density at radius 2 is 1.19 bits per heavy atom. The maximum absolute atomic E-state index is 9.82. The van der Waals surface area contributed by atoms with Gasteiger partial charge in [0.2, 0.25) is 0 Å². The van der Waals surface area contributed by atoms with Crippen LogP contribution in [0.4, 0.5) is 0 Å². The van der Waals surface area contributed by atoms with E-state index >= 15 is 0 Å². The molecule has 0 aromatic carbocycles. The van der Waals surface area contributed by atoms with Crippen molar-refractivity contribution in [2.24, 2.45) is 0 Å². The molecular formula is C17H34O4. The van der Waals surface area contributed by atoms with Gasteiger partial charge in [0.05, 0.1) is 12.7 Å². The Labute approximate surface area is 129 Å². The van der Waals surface area contributed by atoms with Crippen LogP contribution >= 0.6 is 0 Å². The van der Waals surface area contributed by atoms with E-state index in [1.165, 1.54) is 51.4 Å². The summed E-state index contributed by atoms with van der Waals surface area (Å²) >= 11 is 0. The van der Waals surface area contributed by atoms with Crippen molar-refractivity contribution in [2.45, 2.75) is 102 Å². The fourth-order valence-electron chi connectivity index (χ4n) is 3.05. The molecule has 1 saturated heterocycles. The van der Waals surface area contributed by atoms with Crippen LogP contribution in [0.1, 0.15) is 77.6 Å². The second-order valence-electron chi connectivity index (χ2n) is 6.35. The van der Waals surface area contributed by atoms with E-state index < -0.39 is 18.3 Å². The average Bonchev–Trinajstić information content (AvgIpc) is 2.77. The first-order chi connectivity index (χ1) is 10.2. The third-order valence-electron chi connectivity index (χ3n) is 4.48. The monoisotopic (exact) mass is 302 g/mol. The zero-order valence-electron chi connectivity index (χ0n) is 13.5. The molecule has 4 heteroatoms. The van der Waals surface area contributed by atoms with Gasteiger partial charge in [0.25, 0.3) is 0 Å². The van der Waals surface area contributed by atoms with E-state index in [1.807, 2.05) is 0 Å². The Hall–Kier alpha value is -0.160. The van der Waals surface area contributed by atoms with Crippen LogP contribution in [0.3, 0.4) is 0 Å². The van der Waals surface area contributed by atoms with E-state index in [4.69, 9.17) is 9.84 Å². The lowest BCUT2D eigenvalue weighted by Crippen LogP contribution is -2.33. The van der Waals surface area contributed by atoms with E-state index in [2.05, 4.69) is 6.92 Å². The average molecular weight is 302 g/mol. The fraction of sp³-hybridized carbons (Fsp3) is 1.00. The summed E-state index contributed by atoms with van der Waals surface area (Å²) in [6.07, 6.45) is 10.9. The van der Waals surface area contributed by atoms with Crippen molar-refractivity contribution in [3.8, 4) is 0 Å². The second kappa shape index (κ2) is 11.4. The molecule has 0 aromatic heterocycles. The molecule has 0 saturated carbocycles. The number of ether oxygens (including phenoxy) is 1. The quantitative estimate of drug-likeness (QED) is 0.485. The fourth-order valence-corrected chi connectivity index (χ4v) is 3.05. The van der Waals surface area contributed by atoms with Crippen LogP contribution in [0, 0.1) is 0 Å². The Balaban J connectivity index is 1.93. The van der Waals surface area contributed by atoms with Gasteiger partial charge in [-0.05, 0) is 6.42 Å². The molecule has 0 bridgehead atoms. The molecular weight excluding hydrogens is 268 g/mol. The number of unbranched alkanes of at least 4 members (excludes halogenated alkanes) is 9. The lowest BCUT2D eigenvalue weighted by molar-refractivity contribution is -0.0246. The number of rotatable bonds is 12. The number of aliphatic hydroxyl groups is 3. The largest absolute Gasteiger partial charge is 0.394 e. The van der Waals surface area contributed by atoms with Crippen molar-refractivity contribution in [3.05, 3.63) is 0 Å². The summed E-state index contributed by atoms with van der Waals surface area (Å²) in [5.41, 5.74) is 0. The molecule has 0 spiro atoms. The maximum atomic E-state index is 9.82. The molecule has 0 aliphatic carbocycles. The van der Waals surface area contributed by atoms with Crippen molar-refractivity contribution in [1.82, 2.24) is 0 Å². The third-order valence-corrected chi connectivity index (χ3v) is 4.48. The predicted molar refractivity (Wildman–Crippen MR) is 84.2 cm³/mol. The van der Waals surface area contributed by atoms with Crippen molar-refractivity contribution >= 4 is 0 Å². The highest BCUT2D eigenvalue weighted by atomic mass is 16.6. The summed E-state index contributed by atoms with van der Waals surface area (Å²) in [5, 5.41) is 28.5. The van der Waals surface area contributed by atoms with Crippen LogP contribution in [-0.4, -0.2) is 46.3 Å². The summed E-state index contributed by atoms with van der Waals surface area (Å²) < 4.78 is 5.47. The van der Waals surface area contributed by atoms with Crippen LogP contribution in [0.2, 0.25) is 0 Å². The number of aliphatic hydroxyl groups excluding tert-OH is 3. The number of hydrogen-bond acceptors (Lipinski definition) is 4. The molecule has 21 heavy (non-hydrogen) atoms. The Bertz CT molecular complexity index is 247. The van der Waals surface area contributed by atoms with Crippen molar-refractivity contribution in [3.63, 3.8) is 0 Å². The zero-order chi connectivity index (χ0) is 15.5.